The fourth-order valence-electron chi connectivity index (χ4n) is 3.54. The summed E-state index contributed by atoms with van der Waals surface area (Å²) >= 11 is 1.39. The molecule has 1 amide bonds. The first-order valence-electron chi connectivity index (χ1n) is 10.2. The van der Waals surface area contributed by atoms with Gasteiger partial charge in [0.25, 0.3) is 15.9 Å². The second-order valence-electron chi connectivity index (χ2n) is 7.61. The Balaban J connectivity index is 1.38. The molecule has 5 rings (SSSR count). The van der Waals surface area contributed by atoms with E-state index in [1.807, 2.05) is 43.3 Å². The van der Waals surface area contributed by atoms with E-state index in [1.165, 1.54) is 17.4 Å². The molecule has 0 spiro atoms. The van der Waals surface area contributed by atoms with Gasteiger partial charge in [-0.2, -0.15) is 0 Å². The first kappa shape index (κ1) is 21.1. The molecule has 0 aliphatic heterocycles. The molecule has 0 radical (unpaired) electrons. The molecule has 0 aliphatic carbocycles. The van der Waals surface area contributed by atoms with Crippen LogP contribution < -0.4 is 10.0 Å². The number of aryl methyl sites for hydroxylation is 1. The first-order valence-corrected chi connectivity index (χ1v) is 12.5. The van der Waals surface area contributed by atoms with Crippen LogP contribution in [0.2, 0.25) is 0 Å². The SMILES string of the molecule is Cc1ccc(S(=O)(=O)Nc2cccc(C(=O)Nc3nc4c(ccc5ccccc54)s3)c2)cc1. The van der Waals surface area contributed by atoms with Gasteiger partial charge in [0, 0.05) is 16.6 Å². The summed E-state index contributed by atoms with van der Waals surface area (Å²) in [6.07, 6.45) is 0. The molecule has 33 heavy (non-hydrogen) atoms. The minimum absolute atomic E-state index is 0.157. The molecule has 0 unspecified atom stereocenters. The van der Waals surface area contributed by atoms with Gasteiger partial charge >= 0.3 is 0 Å². The smallest absolute Gasteiger partial charge is 0.261 e. The Bertz CT molecular complexity index is 1610. The molecule has 0 aliphatic rings. The standard InChI is InChI=1S/C25H19N3O3S2/c1-16-9-12-20(13-10-16)33(30,31)28-19-7-4-6-18(15-19)24(29)27-25-26-23-21-8-3-2-5-17(21)11-14-22(23)32-25/h2-15,28H,1H3,(H,26,27,29). The molecular weight excluding hydrogens is 454 g/mol. The van der Waals surface area contributed by atoms with E-state index in [2.05, 4.69) is 15.0 Å². The predicted octanol–water partition coefficient (Wildman–Crippen LogP) is 5.81. The van der Waals surface area contributed by atoms with Crippen molar-refractivity contribution in [1.82, 2.24) is 4.98 Å². The third kappa shape index (κ3) is 4.30. The van der Waals surface area contributed by atoms with Crippen LogP contribution in [0.4, 0.5) is 10.8 Å². The topological polar surface area (TPSA) is 88.2 Å². The molecule has 2 N–H and O–H groups in total. The third-order valence-corrected chi connectivity index (χ3v) is 7.55. The molecule has 0 atom stereocenters. The molecule has 164 valence electrons. The number of anilines is 2. The summed E-state index contributed by atoms with van der Waals surface area (Å²) in [6.45, 7) is 1.89. The Morgan fingerprint density at radius 1 is 0.909 bits per heavy atom. The van der Waals surface area contributed by atoms with Crippen molar-refractivity contribution < 1.29 is 13.2 Å². The first-order chi connectivity index (χ1) is 15.9. The van der Waals surface area contributed by atoms with Gasteiger partial charge in [0.05, 0.1) is 15.1 Å². The molecule has 8 heteroatoms. The maximum atomic E-state index is 12.9. The summed E-state index contributed by atoms with van der Waals surface area (Å²) < 4.78 is 28.9. The number of hydrogen-bond donors (Lipinski definition) is 2. The lowest BCUT2D eigenvalue weighted by atomic mass is 10.1. The van der Waals surface area contributed by atoms with Crippen LogP contribution in [0.3, 0.4) is 0 Å². The van der Waals surface area contributed by atoms with Crippen LogP contribution in [0.1, 0.15) is 15.9 Å². The van der Waals surface area contributed by atoms with Crippen molar-refractivity contribution >= 4 is 59.1 Å². The van der Waals surface area contributed by atoms with Crippen LogP contribution in [0.5, 0.6) is 0 Å². The van der Waals surface area contributed by atoms with Crippen molar-refractivity contribution in [3.8, 4) is 0 Å². The quantitative estimate of drug-likeness (QED) is 0.337. The maximum absolute atomic E-state index is 12.9. The van der Waals surface area contributed by atoms with Gasteiger partial charge < -0.3 is 0 Å². The number of rotatable bonds is 5. The summed E-state index contributed by atoms with van der Waals surface area (Å²) in [5, 5.41) is 5.43. The molecule has 5 aromatic rings. The third-order valence-electron chi connectivity index (χ3n) is 5.21. The molecule has 0 saturated carbocycles. The highest BCUT2D eigenvalue weighted by atomic mass is 32.2. The van der Waals surface area contributed by atoms with Gasteiger partial charge in [-0.15, -0.1) is 0 Å². The fourth-order valence-corrected chi connectivity index (χ4v) is 5.47. The molecule has 0 bridgehead atoms. The summed E-state index contributed by atoms with van der Waals surface area (Å²) in [7, 11) is -3.76. The zero-order valence-electron chi connectivity index (χ0n) is 17.6. The number of benzene rings is 4. The monoisotopic (exact) mass is 473 g/mol. The Morgan fingerprint density at radius 3 is 2.52 bits per heavy atom. The van der Waals surface area contributed by atoms with Gasteiger partial charge in [-0.3, -0.25) is 14.8 Å². The number of thiazole rings is 1. The van der Waals surface area contributed by atoms with Gasteiger partial charge in [-0.1, -0.05) is 65.4 Å². The van der Waals surface area contributed by atoms with E-state index < -0.39 is 10.0 Å². The van der Waals surface area contributed by atoms with E-state index in [0.29, 0.717) is 16.4 Å². The molecule has 1 aromatic heterocycles. The van der Waals surface area contributed by atoms with Crippen LogP contribution in [0.15, 0.2) is 89.8 Å². The van der Waals surface area contributed by atoms with Crippen molar-refractivity contribution in [3.05, 3.63) is 96.1 Å². The highest BCUT2D eigenvalue weighted by molar-refractivity contribution is 7.92. The highest BCUT2D eigenvalue weighted by Crippen LogP contribution is 2.32. The van der Waals surface area contributed by atoms with E-state index in [4.69, 9.17) is 0 Å². The van der Waals surface area contributed by atoms with Crippen molar-refractivity contribution in [1.29, 1.82) is 0 Å². The lowest BCUT2D eigenvalue weighted by molar-refractivity contribution is 0.102. The lowest BCUT2D eigenvalue weighted by Crippen LogP contribution is -2.15. The predicted molar refractivity (Wildman–Crippen MR) is 134 cm³/mol. The minimum atomic E-state index is -3.76. The zero-order valence-corrected chi connectivity index (χ0v) is 19.2. The van der Waals surface area contributed by atoms with E-state index in [-0.39, 0.29) is 10.8 Å². The summed E-state index contributed by atoms with van der Waals surface area (Å²) in [4.78, 5) is 17.6. The van der Waals surface area contributed by atoms with Gasteiger partial charge in [0.2, 0.25) is 0 Å². The Labute approximate surface area is 195 Å². The molecular formula is C25H19N3O3S2. The van der Waals surface area contributed by atoms with E-state index in [0.717, 1.165) is 26.6 Å². The number of nitrogens with zero attached hydrogens (tertiary/aromatic N) is 1. The van der Waals surface area contributed by atoms with Crippen molar-refractivity contribution in [2.45, 2.75) is 11.8 Å². The van der Waals surface area contributed by atoms with Gasteiger partial charge in [0.15, 0.2) is 5.13 Å². The lowest BCUT2D eigenvalue weighted by Gasteiger charge is -2.10. The summed E-state index contributed by atoms with van der Waals surface area (Å²) in [5.41, 5.74) is 2.44. The molecule has 1 heterocycles. The van der Waals surface area contributed by atoms with Crippen LogP contribution in [0, 0.1) is 6.92 Å². The van der Waals surface area contributed by atoms with Crippen molar-refractivity contribution in [2.24, 2.45) is 0 Å². The van der Waals surface area contributed by atoms with E-state index >= 15 is 0 Å². The van der Waals surface area contributed by atoms with Crippen molar-refractivity contribution in [3.63, 3.8) is 0 Å². The van der Waals surface area contributed by atoms with Crippen LogP contribution in [0.25, 0.3) is 21.0 Å². The molecule has 0 saturated heterocycles. The number of carbonyl (C=O) groups excluding carboxylic acids is 1. The Hall–Kier alpha value is -3.75. The highest BCUT2D eigenvalue weighted by Gasteiger charge is 2.16. The number of hydrogen-bond acceptors (Lipinski definition) is 5. The minimum Gasteiger partial charge on any atom is -0.298 e. The molecule has 4 aromatic carbocycles. The molecule has 6 nitrogen and oxygen atoms in total. The normalized spacial score (nSPS) is 11.5. The summed E-state index contributed by atoms with van der Waals surface area (Å²) in [5.74, 6) is -0.366. The Kier molecular flexibility index (Phi) is 5.32. The molecule has 0 fully saturated rings. The zero-order chi connectivity index (χ0) is 23.0. The maximum Gasteiger partial charge on any atom is 0.261 e. The van der Waals surface area contributed by atoms with Gasteiger partial charge in [-0.05, 0) is 48.7 Å². The van der Waals surface area contributed by atoms with E-state index in [9.17, 15) is 13.2 Å². The number of nitrogens with one attached hydrogen (secondary N) is 2. The Morgan fingerprint density at radius 2 is 1.70 bits per heavy atom. The number of carbonyl (C=O) groups is 1. The second kappa shape index (κ2) is 8.31. The average Bonchev–Trinajstić information content (AvgIpc) is 3.22. The van der Waals surface area contributed by atoms with Crippen LogP contribution >= 0.6 is 11.3 Å². The fraction of sp³-hybridized carbons (Fsp3) is 0.0400. The van der Waals surface area contributed by atoms with Crippen LogP contribution in [-0.2, 0) is 10.0 Å². The largest absolute Gasteiger partial charge is 0.298 e. The van der Waals surface area contributed by atoms with Crippen LogP contribution in [-0.4, -0.2) is 19.3 Å². The number of sulfonamides is 1. The summed E-state index contributed by atoms with van der Waals surface area (Å²) in [6, 6.07) is 24.9. The van der Waals surface area contributed by atoms with Crippen molar-refractivity contribution in [2.75, 3.05) is 10.0 Å². The van der Waals surface area contributed by atoms with Gasteiger partial charge in [0.1, 0.15) is 0 Å². The average molecular weight is 474 g/mol. The number of aromatic nitrogens is 1. The number of amides is 1. The number of fused-ring (bicyclic) bond motifs is 3. The van der Waals surface area contributed by atoms with E-state index in [1.54, 1.807) is 42.5 Å². The second-order valence-corrected chi connectivity index (χ2v) is 10.3. The van der Waals surface area contributed by atoms with Gasteiger partial charge in [-0.25, -0.2) is 13.4 Å².